The largest absolute Gasteiger partial charge is 0.317 e. The summed E-state index contributed by atoms with van der Waals surface area (Å²) in [5.41, 5.74) is 2.32. The van der Waals surface area contributed by atoms with Crippen molar-refractivity contribution in [3.8, 4) is 0 Å². The number of aryl methyl sites for hydroxylation is 2. The first kappa shape index (κ1) is 15.8. The van der Waals surface area contributed by atoms with E-state index in [0.29, 0.717) is 12.0 Å². The predicted molar refractivity (Wildman–Crippen MR) is 85.2 cm³/mol. The summed E-state index contributed by atoms with van der Waals surface area (Å²) in [4.78, 5) is 0. The van der Waals surface area contributed by atoms with Gasteiger partial charge >= 0.3 is 0 Å². The van der Waals surface area contributed by atoms with Gasteiger partial charge in [-0.15, -0.1) is 0 Å². The molecule has 0 amide bonds. The molecule has 3 nitrogen and oxygen atoms in total. The minimum atomic E-state index is 0.612. The Morgan fingerprint density at radius 2 is 2.10 bits per heavy atom. The molecule has 0 bridgehead atoms. The highest BCUT2D eigenvalue weighted by atomic mass is 35.5. The Kier molecular flexibility index (Phi) is 5.14. The molecule has 1 N–H and O–H groups in total. The van der Waals surface area contributed by atoms with Crippen LogP contribution in [-0.2, 0) is 13.5 Å². The molecule has 1 aliphatic carbocycles. The maximum absolute atomic E-state index is 6.40. The van der Waals surface area contributed by atoms with Crippen LogP contribution < -0.4 is 5.32 Å². The van der Waals surface area contributed by atoms with Crippen molar-refractivity contribution < 1.29 is 0 Å². The third-order valence-corrected chi connectivity index (χ3v) is 5.55. The molecule has 2 rings (SSSR count). The predicted octanol–water partition coefficient (Wildman–Crippen LogP) is 3.58. The number of rotatable bonds is 4. The third-order valence-electron chi connectivity index (χ3n) is 5.07. The van der Waals surface area contributed by atoms with Crippen molar-refractivity contribution in [1.29, 1.82) is 0 Å². The smallest absolute Gasteiger partial charge is 0.130 e. The molecular formula is C16H28ClN3. The van der Waals surface area contributed by atoms with E-state index in [1.807, 2.05) is 7.05 Å². The molecule has 20 heavy (non-hydrogen) atoms. The van der Waals surface area contributed by atoms with Crippen molar-refractivity contribution in [3.05, 3.63) is 16.4 Å². The summed E-state index contributed by atoms with van der Waals surface area (Å²) in [6.07, 6.45) is 4.97. The second-order valence-corrected chi connectivity index (χ2v) is 7.01. The van der Waals surface area contributed by atoms with Gasteiger partial charge in [-0.05, 0) is 57.4 Å². The maximum atomic E-state index is 6.40. The lowest BCUT2D eigenvalue weighted by atomic mass is 9.72. The molecule has 0 aliphatic heterocycles. The van der Waals surface area contributed by atoms with E-state index in [-0.39, 0.29) is 0 Å². The van der Waals surface area contributed by atoms with E-state index in [1.54, 1.807) is 4.68 Å². The van der Waals surface area contributed by atoms with Gasteiger partial charge in [0, 0.05) is 18.7 Å². The van der Waals surface area contributed by atoms with E-state index in [9.17, 15) is 0 Å². The lowest BCUT2D eigenvalue weighted by Gasteiger charge is -2.38. The number of nitrogens with zero attached hydrogens (tertiary/aromatic N) is 2. The van der Waals surface area contributed by atoms with E-state index < -0.39 is 0 Å². The van der Waals surface area contributed by atoms with E-state index >= 15 is 0 Å². The van der Waals surface area contributed by atoms with E-state index in [4.69, 9.17) is 11.6 Å². The van der Waals surface area contributed by atoms with E-state index in [1.165, 1.54) is 24.8 Å². The molecule has 0 spiro atoms. The number of hydrogen-bond donors (Lipinski definition) is 1. The summed E-state index contributed by atoms with van der Waals surface area (Å²) in [6.45, 7) is 6.77. The van der Waals surface area contributed by atoms with Gasteiger partial charge < -0.3 is 5.32 Å². The molecule has 1 saturated carbocycles. The Hall–Kier alpha value is -0.540. The highest BCUT2D eigenvalue weighted by molar-refractivity contribution is 6.30. The van der Waals surface area contributed by atoms with Crippen LogP contribution in [0.1, 0.15) is 44.4 Å². The average Bonchev–Trinajstić information content (AvgIpc) is 2.65. The van der Waals surface area contributed by atoms with Gasteiger partial charge in [0.1, 0.15) is 5.15 Å². The molecule has 0 radical (unpaired) electrons. The minimum Gasteiger partial charge on any atom is -0.317 e. The van der Waals surface area contributed by atoms with E-state index in [2.05, 4.69) is 38.2 Å². The first-order valence-corrected chi connectivity index (χ1v) is 8.17. The van der Waals surface area contributed by atoms with Gasteiger partial charge in [0.2, 0.25) is 0 Å². The van der Waals surface area contributed by atoms with Gasteiger partial charge in [-0.25, -0.2) is 0 Å². The number of halogens is 1. The molecule has 1 aromatic heterocycles. The maximum Gasteiger partial charge on any atom is 0.130 e. The molecule has 1 aliphatic rings. The van der Waals surface area contributed by atoms with Crippen molar-refractivity contribution in [1.82, 2.24) is 15.1 Å². The molecular weight excluding hydrogens is 270 g/mol. The fraction of sp³-hybridized carbons (Fsp3) is 0.812. The summed E-state index contributed by atoms with van der Waals surface area (Å²) < 4.78 is 1.79. The van der Waals surface area contributed by atoms with Gasteiger partial charge in [-0.2, -0.15) is 5.10 Å². The quantitative estimate of drug-likeness (QED) is 0.920. The summed E-state index contributed by atoms with van der Waals surface area (Å²) in [7, 11) is 4.01. The van der Waals surface area contributed by atoms with Crippen molar-refractivity contribution in [2.24, 2.45) is 24.8 Å². The molecule has 1 aromatic rings. The van der Waals surface area contributed by atoms with Crippen LogP contribution in [0, 0.1) is 24.7 Å². The lowest BCUT2D eigenvalue weighted by Crippen LogP contribution is -2.40. The van der Waals surface area contributed by atoms with Crippen LogP contribution in [0.4, 0.5) is 0 Å². The summed E-state index contributed by atoms with van der Waals surface area (Å²) in [5, 5.41) is 8.76. The average molecular weight is 298 g/mol. The Labute approximate surface area is 128 Å². The Balaban J connectivity index is 2.15. The fourth-order valence-electron chi connectivity index (χ4n) is 3.68. The molecule has 4 heteroatoms. The normalized spacial score (nSPS) is 27.2. The summed E-state index contributed by atoms with van der Waals surface area (Å²) in [5.74, 6) is 2.29. The van der Waals surface area contributed by atoms with Crippen LogP contribution in [0.15, 0.2) is 0 Å². The van der Waals surface area contributed by atoms with Gasteiger partial charge in [-0.3, -0.25) is 4.68 Å². The van der Waals surface area contributed by atoms with Gasteiger partial charge in [0.15, 0.2) is 0 Å². The number of aromatic nitrogens is 2. The van der Waals surface area contributed by atoms with Crippen LogP contribution in [0.25, 0.3) is 0 Å². The van der Waals surface area contributed by atoms with Crippen LogP contribution in [0.5, 0.6) is 0 Å². The second-order valence-electron chi connectivity index (χ2n) is 6.65. The summed E-state index contributed by atoms with van der Waals surface area (Å²) in [6, 6.07) is 0.612. The van der Waals surface area contributed by atoms with Crippen molar-refractivity contribution in [2.75, 3.05) is 7.05 Å². The zero-order chi connectivity index (χ0) is 14.9. The van der Waals surface area contributed by atoms with Crippen molar-refractivity contribution in [3.63, 3.8) is 0 Å². The summed E-state index contributed by atoms with van der Waals surface area (Å²) >= 11 is 6.40. The molecule has 1 heterocycles. The monoisotopic (exact) mass is 297 g/mol. The molecule has 3 atom stereocenters. The topological polar surface area (TPSA) is 29.9 Å². The van der Waals surface area contributed by atoms with Gasteiger partial charge in [0.25, 0.3) is 0 Å². The van der Waals surface area contributed by atoms with Crippen molar-refractivity contribution in [2.45, 2.75) is 52.5 Å². The zero-order valence-corrected chi connectivity index (χ0v) is 14.2. The van der Waals surface area contributed by atoms with Crippen LogP contribution in [-0.4, -0.2) is 22.9 Å². The van der Waals surface area contributed by atoms with E-state index in [0.717, 1.165) is 29.1 Å². The molecule has 0 saturated heterocycles. The molecule has 1 fully saturated rings. The number of nitrogens with one attached hydrogen (secondary N) is 1. The van der Waals surface area contributed by atoms with Gasteiger partial charge in [-0.1, -0.05) is 25.4 Å². The van der Waals surface area contributed by atoms with Crippen LogP contribution in [0.3, 0.4) is 0 Å². The molecule has 0 aromatic carbocycles. The minimum absolute atomic E-state index is 0.612. The Bertz CT molecular complexity index is 453. The highest BCUT2D eigenvalue weighted by Crippen LogP contribution is 2.37. The Morgan fingerprint density at radius 1 is 1.40 bits per heavy atom. The zero-order valence-electron chi connectivity index (χ0n) is 13.4. The standard InChI is InChI=1S/C16H28ClN3/c1-10(2)12-6-7-15(18-4)13(8-12)9-14-11(3)19-20(5)16(14)17/h10,12-13,15,18H,6-9H2,1-5H3. The SMILES string of the molecule is CNC1CCC(C(C)C)CC1Cc1c(C)nn(C)c1Cl. The highest BCUT2D eigenvalue weighted by Gasteiger charge is 2.32. The Morgan fingerprint density at radius 3 is 2.60 bits per heavy atom. The fourth-order valence-corrected chi connectivity index (χ4v) is 3.93. The first-order valence-electron chi connectivity index (χ1n) is 7.79. The molecule has 114 valence electrons. The van der Waals surface area contributed by atoms with Crippen LogP contribution >= 0.6 is 11.6 Å². The van der Waals surface area contributed by atoms with Crippen molar-refractivity contribution >= 4 is 11.6 Å². The van der Waals surface area contributed by atoms with Crippen LogP contribution in [0.2, 0.25) is 5.15 Å². The molecule has 3 unspecified atom stereocenters. The number of hydrogen-bond acceptors (Lipinski definition) is 2. The second kappa shape index (κ2) is 6.48. The lowest BCUT2D eigenvalue weighted by molar-refractivity contribution is 0.172. The third kappa shape index (κ3) is 3.20. The van der Waals surface area contributed by atoms with Gasteiger partial charge in [0.05, 0.1) is 5.69 Å². The first-order chi connectivity index (χ1) is 9.43.